The fourth-order valence-electron chi connectivity index (χ4n) is 1.42. The van der Waals surface area contributed by atoms with Gasteiger partial charge in [-0.25, -0.2) is 0 Å². The Bertz CT molecular complexity index is 193. The largest absolute Gasteiger partial charge is 0.366 e. The number of hydrogen-bond donors (Lipinski definition) is 2. The molecule has 0 radical (unpaired) electrons. The Hall–Kier alpha value is -0.200. The number of hydrogen-bond acceptors (Lipinski definition) is 5. The second-order valence-corrected chi connectivity index (χ2v) is 4.57. The Balaban J connectivity index is 3.80. The van der Waals surface area contributed by atoms with Gasteiger partial charge in [-0.05, 0) is 47.6 Å². The lowest BCUT2D eigenvalue weighted by Crippen LogP contribution is -2.36. The molecular formula is C12H27NO4. The lowest BCUT2D eigenvalue weighted by molar-refractivity contribution is -0.310. The molecule has 3 atom stereocenters. The number of aliphatic hydroxyl groups is 1. The molecule has 0 saturated carbocycles. The fourth-order valence-corrected chi connectivity index (χ4v) is 1.42. The highest BCUT2D eigenvalue weighted by Gasteiger charge is 2.20. The van der Waals surface area contributed by atoms with Crippen molar-refractivity contribution in [3.8, 4) is 0 Å². The molecule has 0 amide bonds. The van der Waals surface area contributed by atoms with Gasteiger partial charge in [0.1, 0.15) is 6.23 Å². The van der Waals surface area contributed by atoms with Crippen molar-refractivity contribution in [3.63, 3.8) is 0 Å². The zero-order valence-electron chi connectivity index (χ0n) is 11.8. The van der Waals surface area contributed by atoms with Crippen molar-refractivity contribution in [2.45, 2.75) is 72.6 Å². The van der Waals surface area contributed by atoms with Gasteiger partial charge >= 0.3 is 0 Å². The van der Waals surface area contributed by atoms with E-state index in [4.69, 9.17) is 14.2 Å². The average molecular weight is 249 g/mol. The van der Waals surface area contributed by atoms with Crippen LogP contribution in [0.15, 0.2) is 0 Å². The van der Waals surface area contributed by atoms with Gasteiger partial charge in [-0.1, -0.05) is 6.92 Å². The fraction of sp³-hybridized carbons (Fsp3) is 1.00. The van der Waals surface area contributed by atoms with E-state index >= 15 is 0 Å². The minimum absolute atomic E-state index is 0.0701. The standard InChI is InChI=1S/C12H27NO4/c1-7-8-13-9(2)15-10(3)16-11(4)17-12(5,6)14/h9-11,13-14H,7-8H2,1-6H3. The van der Waals surface area contributed by atoms with Gasteiger partial charge in [0.2, 0.25) is 0 Å². The Morgan fingerprint density at radius 1 is 1.12 bits per heavy atom. The summed E-state index contributed by atoms with van der Waals surface area (Å²) in [5, 5.41) is 12.6. The molecule has 0 spiro atoms. The molecular weight excluding hydrogens is 222 g/mol. The first-order chi connectivity index (χ1) is 7.74. The highest BCUT2D eigenvalue weighted by atomic mass is 16.8. The maximum Gasteiger partial charge on any atom is 0.162 e. The highest BCUT2D eigenvalue weighted by Crippen LogP contribution is 2.11. The van der Waals surface area contributed by atoms with E-state index in [1.807, 2.05) is 6.92 Å². The van der Waals surface area contributed by atoms with Crippen molar-refractivity contribution >= 4 is 0 Å². The van der Waals surface area contributed by atoms with Crippen molar-refractivity contribution in [1.82, 2.24) is 5.32 Å². The zero-order valence-corrected chi connectivity index (χ0v) is 11.8. The van der Waals surface area contributed by atoms with Crippen LogP contribution in [0.4, 0.5) is 0 Å². The predicted octanol–water partition coefficient (Wildman–Crippen LogP) is 1.80. The predicted molar refractivity (Wildman–Crippen MR) is 66.2 cm³/mol. The van der Waals surface area contributed by atoms with Gasteiger partial charge in [-0.15, -0.1) is 0 Å². The van der Waals surface area contributed by atoms with Crippen molar-refractivity contribution in [1.29, 1.82) is 0 Å². The average Bonchev–Trinajstić information content (AvgIpc) is 2.10. The van der Waals surface area contributed by atoms with Gasteiger partial charge in [0, 0.05) is 0 Å². The third-order valence-corrected chi connectivity index (χ3v) is 1.92. The number of ether oxygens (including phenoxy) is 3. The molecule has 104 valence electrons. The third-order valence-electron chi connectivity index (χ3n) is 1.92. The van der Waals surface area contributed by atoms with E-state index in [1.165, 1.54) is 0 Å². The van der Waals surface area contributed by atoms with Crippen LogP contribution in [0.1, 0.15) is 48.0 Å². The summed E-state index contributed by atoms with van der Waals surface area (Å²) in [6.07, 6.45) is 0.0654. The summed E-state index contributed by atoms with van der Waals surface area (Å²) in [5.74, 6) is -1.20. The lowest BCUT2D eigenvalue weighted by Gasteiger charge is -2.27. The van der Waals surface area contributed by atoms with Crippen molar-refractivity contribution < 1.29 is 19.3 Å². The quantitative estimate of drug-likeness (QED) is 0.610. The third kappa shape index (κ3) is 10.7. The van der Waals surface area contributed by atoms with E-state index in [0.29, 0.717) is 0 Å². The van der Waals surface area contributed by atoms with Crippen molar-refractivity contribution in [2.75, 3.05) is 6.54 Å². The van der Waals surface area contributed by atoms with E-state index in [2.05, 4.69) is 12.2 Å². The summed E-state index contributed by atoms with van der Waals surface area (Å²) in [6, 6.07) is 0. The maximum absolute atomic E-state index is 9.44. The minimum Gasteiger partial charge on any atom is -0.366 e. The summed E-state index contributed by atoms with van der Waals surface area (Å²) in [5.41, 5.74) is 0. The number of nitrogens with one attached hydrogen (secondary N) is 1. The SMILES string of the molecule is CCCNC(C)OC(C)OC(C)OC(C)(C)O. The van der Waals surface area contributed by atoms with Crippen LogP contribution in [-0.2, 0) is 14.2 Å². The van der Waals surface area contributed by atoms with Crippen LogP contribution in [-0.4, -0.2) is 36.2 Å². The molecule has 0 aliphatic heterocycles. The maximum atomic E-state index is 9.44. The monoisotopic (exact) mass is 249 g/mol. The molecule has 5 heteroatoms. The van der Waals surface area contributed by atoms with Crippen LogP contribution >= 0.6 is 0 Å². The topological polar surface area (TPSA) is 60.0 Å². The molecule has 3 unspecified atom stereocenters. The molecule has 0 aliphatic rings. The van der Waals surface area contributed by atoms with E-state index in [9.17, 15) is 5.11 Å². The van der Waals surface area contributed by atoms with Gasteiger partial charge in [-0.2, -0.15) is 0 Å². The Morgan fingerprint density at radius 3 is 2.18 bits per heavy atom. The molecule has 0 heterocycles. The molecule has 5 nitrogen and oxygen atoms in total. The normalized spacial score (nSPS) is 17.8. The van der Waals surface area contributed by atoms with E-state index in [-0.39, 0.29) is 6.23 Å². The van der Waals surface area contributed by atoms with Crippen LogP contribution in [0.25, 0.3) is 0 Å². The molecule has 0 saturated heterocycles. The zero-order chi connectivity index (χ0) is 13.5. The molecule has 0 rings (SSSR count). The summed E-state index contributed by atoms with van der Waals surface area (Å²) in [7, 11) is 0. The van der Waals surface area contributed by atoms with Gasteiger partial charge < -0.3 is 19.3 Å². The smallest absolute Gasteiger partial charge is 0.162 e. The van der Waals surface area contributed by atoms with Gasteiger partial charge in [-0.3, -0.25) is 5.32 Å². The van der Waals surface area contributed by atoms with Gasteiger partial charge in [0.15, 0.2) is 18.4 Å². The highest BCUT2D eigenvalue weighted by molar-refractivity contribution is 4.51. The number of rotatable bonds is 9. The molecule has 0 aromatic rings. The van der Waals surface area contributed by atoms with Gasteiger partial charge in [0.25, 0.3) is 0 Å². The van der Waals surface area contributed by atoms with Crippen molar-refractivity contribution in [2.24, 2.45) is 0 Å². The summed E-state index contributed by atoms with van der Waals surface area (Å²) >= 11 is 0. The van der Waals surface area contributed by atoms with Crippen molar-refractivity contribution in [3.05, 3.63) is 0 Å². The minimum atomic E-state index is -1.20. The first-order valence-corrected chi connectivity index (χ1v) is 6.19. The first-order valence-electron chi connectivity index (χ1n) is 6.19. The van der Waals surface area contributed by atoms with Crippen LogP contribution in [0.2, 0.25) is 0 Å². The molecule has 0 bridgehead atoms. The molecule has 0 fully saturated rings. The van der Waals surface area contributed by atoms with E-state index in [0.717, 1.165) is 13.0 Å². The second kappa shape index (κ2) is 8.00. The van der Waals surface area contributed by atoms with E-state index in [1.54, 1.807) is 27.7 Å². The Kier molecular flexibility index (Phi) is 7.91. The summed E-state index contributed by atoms with van der Waals surface area (Å²) < 4.78 is 16.2. The summed E-state index contributed by atoms with van der Waals surface area (Å²) in [4.78, 5) is 0. The van der Waals surface area contributed by atoms with Crippen LogP contribution < -0.4 is 5.32 Å². The Labute approximate surface area is 104 Å². The van der Waals surface area contributed by atoms with Crippen LogP contribution in [0, 0.1) is 0 Å². The lowest BCUT2D eigenvalue weighted by atomic mass is 10.4. The molecule has 0 aromatic heterocycles. The molecule has 0 aromatic carbocycles. The first kappa shape index (κ1) is 16.8. The van der Waals surface area contributed by atoms with E-state index < -0.39 is 18.4 Å². The molecule has 2 N–H and O–H groups in total. The molecule has 17 heavy (non-hydrogen) atoms. The molecule has 0 aliphatic carbocycles. The van der Waals surface area contributed by atoms with Crippen LogP contribution in [0.3, 0.4) is 0 Å². The second-order valence-electron chi connectivity index (χ2n) is 4.57. The van der Waals surface area contributed by atoms with Gasteiger partial charge in [0.05, 0.1) is 0 Å². The summed E-state index contributed by atoms with van der Waals surface area (Å²) in [6.45, 7) is 11.6. The Morgan fingerprint density at radius 2 is 1.71 bits per heavy atom. The van der Waals surface area contributed by atoms with Crippen LogP contribution in [0.5, 0.6) is 0 Å².